The van der Waals surface area contributed by atoms with Gasteiger partial charge in [0.2, 0.25) is 0 Å². The van der Waals surface area contributed by atoms with Gasteiger partial charge in [-0.1, -0.05) is 109 Å². The van der Waals surface area contributed by atoms with E-state index >= 15 is 0 Å². The summed E-state index contributed by atoms with van der Waals surface area (Å²) in [5.74, 6) is 0. The molecule has 2 heterocycles. The maximum Gasteiger partial charge on any atom is 0.252 e. The molecule has 8 aromatic carbocycles. The Kier molecular flexibility index (Phi) is 6.97. The van der Waals surface area contributed by atoms with Crippen molar-refractivity contribution < 1.29 is 0 Å². The van der Waals surface area contributed by atoms with Crippen LogP contribution in [0.5, 0.6) is 0 Å². The highest BCUT2D eigenvalue weighted by atomic mass is 15.2. The molecule has 0 atom stereocenters. The van der Waals surface area contributed by atoms with Gasteiger partial charge < -0.3 is 14.7 Å². The van der Waals surface area contributed by atoms with Crippen molar-refractivity contribution in [1.29, 1.82) is 0 Å². The summed E-state index contributed by atoms with van der Waals surface area (Å²) in [6.07, 6.45) is 4.59. The van der Waals surface area contributed by atoms with Crippen LogP contribution in [0, 0.1) is 0 Å². The number of rotatable bonds is 6. The minimum absolute atomic E-state index is 0.0541. The van der Waals surface area contributed by atoms with Gasteiger partial charge in [0, 0.05) is 45.5 Å². The highest BCUT2D eigenvalue weighted by Gasteiger charge is 2.45. The van der Waals surface area contributed by atoms with Crippen LogP contribution in [0.1, 0.15) is 22.3 Å². The molecule has 8 aromatic rings. The summed E-state index contributed by atoms with van der Waals surface area (Å²) in [5.41, 5.74) is 23.3. The van der Waals surface area contributed by atoms with E-state index in [0.29, 0.717) is 0 Å². The Hall–Kier alpha value is -6.78. The third kappa shape index (κ3) is 4.78. The molecule has 0 spiro atoms. The first-order valence-corrected chi connectivity index (χ1v) is 20.0. The molecule has 4 aliphatic rings. The maximum absolute atomic E-state index is 2.61. The summed E-state index contributed by atoms with van der Waals surface area (Å²) >= 11 is 0. The number of anilines is 9. The average molecular weight is 716 g/mol. The zero-order valence-corrected chi connectivity index (χ0v) is 31.1. The summed E-state index contributed by atoms with van der Waals surface area (Å²) in [6.45, 7) is 0.0541. The Labute approximate surface area is 328 Å². The zero-order valence-electron chi connectivity index (χ0n) is 31.1. The van der Waals surface area contributed by atoms with Crippen LogP contribution in [-0.4, -0.2) is 6.71 Å². The van der Waals surface area contributed by atoms with Crippen molar-refractivity contribution >= 4 is 74.3 Å². The lowest BCUT2D eigenvalue weighted by molar-refractivity contribution is 0.837. The molecule has 2 aliphatic heterocycles. The van der Waals surface area contributed by atoms with Gasteiger partial charge in [-0.3, -0.25) is 0 Å². The topological polar surface area (TPSA) is 9.72 Å². The van der Waals surface area contributed by atoms with Crippen molar-refractivity contribution in [1.82, 2.24) is 0 Å². The minimum Gasteiger partial charge on any atom is -0.311 e. The van der Waals surface area contributed by atoms with Crippen LogP contribution in [0.25, 0.3) is 11.1 Å². The average Bonchev–Trinajstić information content (AvgIpc) is 3.23. The van der Waals surface area contributed by atoms with E-state index in [1.807, 2.05) is 0 Å². The van der Waals surface area contributed by atoms with Crippen molar-refractivity contribution in [2.75, 3.05) is 14.7 Å². The highest BCUT2D eigenvalue weighted by Crippen LogP contribution is 2.49. The second kappa shape index (κ2) is 12.4. The van der Waals surface area contributed by atoms with E-state index in [1.54, 1.807) is 0 Å². The molecule has 0 saturated carbocycles. The number of hydrogen-bond acceptors (Lipinski definition) is 3. The second-order valence-corrected chi connectivity index (χ2v) is 15.6. The summed E-state index contributed by atoms with van der Waals surface area (Å²) in [6, 6.07) is 67.9. The Balaban J connectivity index is 1.20. The second-order valence-electron chi connectivity index (χ2n) is 15.6. The van der Waals surface area contributed by atoms with Gasteiger partial charge in [-0.2, -0.15) is 0 Å². The number of fused-ring (bicyclic) bond motifs is 6. The van der Waals surface area contributed by atoms with E-state index in [4.69, 9.17) is 0 Å². The summed E-state index contributed by atoms with van der Waals surface area (Å²) in [7, 11) is 0. The van der Waals surface area contributed by atoms with E-state index in [1.165, 1.54) is 84.6 Å². The van der Waals surface area contributed by atoms with Gasteiger partial charge in [0.25, 0.3) is 6.71 Å². The van der Waals surface area contributed by atoms with E-state index in [9.17, 15) is 0 Å². The number of para-hydroxylation sites is 3. The summed E-state index contributed by atoms with van der Waals surface area (Å²) in [4.78, 5) is 7.56. The Morgan fingerprint density at radius 3 is 1.54 bits per heavy atom. The monoisotopic (exact) mass is 715 g/mol. The van der Waals surface area contributed by atoms with Crippen molar-refractivity contribution in [2.45, 2.75) is 25.7 Å². The van der Waals surface area contributed by atoms with Crippen LogP contribution in [0.4, 0.5) is 51.2 Å². The lowest BCUT2D eigenvalue weighted by Crippen LogP contribution is -2.61. The van der Waals surface area contributed by atoms with E-state index in [-0.39, 0.29) is 6.71 Å². The Morgan fingerprint density at radius 1 is 0.357 bits per heavy atom. The maximum atomic E-state index is 2.61. The third-order valence-corrected chi connectivity index (χ3v) is 12.6. The largest absolute Gasteiger partial charge is 0.311 e. The molecular weight excluding hydrogens is 677 g/mol. The molecule has 0 amide bonds. The first-order chi connectivity index (χ1) is 27.8. The summed E-state index contributed by atoms with van der Waals surface area (Å²) in [5, 5.41) is 0. The fraction of sp³-hybridized carbons (Fsp3) is 0.0769. The predicted octanol–water partition coefficient (Wildman–Crippen LogP) is 11.1. The molecule has 12 rings (SSSR count). The van der Waals surface area contributed by atoms with E-state index in [2.05, 4.69) is 197 Å². The Bertz CT molecular complexity index is 2780. The van der Waals surface area contributed by atoms with Crippen LogP contribution in [-0.2, 0) is 25.7 Å². The normalized spacial score (nSPS) is 14.0. The van der Waals surface area contributed by atoms with Crippen molar-refractivity contribution in [3.63, 3.8) is 0 Å². The van der Waals surface area contributed by atoms with E-state index < -0.39 is 0 Å². The van der Waals surface area contributed by atoms with Gasteiger partial charge in [0.15, 0.2) is 0 Å². The fourth-order valence-corrected chi connectivity index (χ4v) is 9.67. The molecule has 3 nitrogen and oxygen atoms in total. The molecule has 0 saturated heterocycles. The smallest absolute Gasteiger partial charge is 0.252 e. The van der Waals surface area contributed by atoms with Gasteiger partial charge >= 0.3 is 0 Å². The lowest BCUT2D eigenvalue weighted by Gasteiger charge is -2.46. The first kappa shape index (κ1) is 31.6. The molecule has 0 fully saturated rings. The van der Waals surface area contributed by atoms with Crippen LogP contribution < -0.4 is 31.1 Å². The van der Waals surface area contributed by atoms with Gasteiger partial charge in [0.05, 0.1) is 5.69 Å². The van der Waals surface area contributed by atoms with Crippen molar-refractivity contribution in [3.05, 3.63) is 204 Å². The van der Waals surface area contributed by atoms with Crippen LogP contribution in [0.3, 0.4) is 0 Å². The lowest BCUT2D eigenvalue weighted by atomic mass is 9.33. The molecular formula is C52H38BN3. The number of nitrogens with zero attached hydrogens (tertiary/aromatic N) is 3. The molecule has 0 N–H and O–H groups in total. The SMILES string of the molecule is c1ccc(-c2ccc3c(c2)B2c4cc5c(cc4N(c4ccc6c(c4)CC6)c4cc(N(c6ccccc6)c6ccccc6)cc(c42)N3c2ccccc2)CC5)cc1. The van der Waals surface area contributed by atoms with E-state index in [0.717, 1.165) is 42.0 Å². The van der Waals surface area contributed by atoms with Gasteiger partial charge in [-0.15, -0.1) is 0 Å². The molecule has 264 valence electrons. The molecule has 4 heteroatoms. The molecule has 2 aliphatic carbocycles. The molecule has 0 unspecified atom stereocenters. The van der Waals surface area contributed by atoms with Gasteiger partial charge in [-0.05, 0) is 148 Å². The number of aryl methyl sites for hydroxylation is 4. The van der Waals surface area contributed by atoms with Crippen LogP contribution in [0.15, 0.2) is 182 Å². The minimum atomic E-state index is 0.0541. The van der Waals surface area contributed by atoms with Gasteiger partial charge in [-0.25, -0.2) is 0 Å². The third-order valence-electron chi connectivity index (χ3n) is 12.6. The van der Waals surface area contributed by atoms with Crippen molar-refractivity contribution in [2.24, 2.45) is 0 Å². The van der Waals surface area contributed by atoms with Crippen LogP contribution >= 0.6 is 0 Å². The molecule has 0 radical (unpaired) electrons. The molecule has 0 bridgehead atoms. The molecule has 56 heavy (non-hydrogen) atoms. The number of benzene rings is 8. The fourth-order valence-electron chi connectivity index (χ4n) is 9.67. The summed E-state index contributed by atoms with van der Waals surface area (Å²) < 4.78 is 0. The first-order valence-electron chi connectivity index (χ1n) is 20.0. The molecule has 0 aromatic heterocycles. The quantitative estimate of drug-likeness (QED) is 0.159. The Morgan fingerprint density at radius 2 is 0.911 bits per heavy atom. The standard InChI is InChI=1S/C52H38BN3/c1-5-13-35(14-6-1)38-26-28-48-46(30-38)53-47-31-39-23-24-40(39)32-49(47)56(44-27-25-36-21-22-37(36)29-44)51-34-45(33-50(52(51)53)55(48)43-19-11-4-12-20-43)54(41-15-7-2-8-16-41)42-17-9-3-10-18-42/h1-20,25-34H,21-24H2. The highest BCUT2D eigenvalue weighted by molar-refractivity contribution is 7.00. The van der Waals surface area contributed by atoms with Gasteiger partial charge in [0.1, 0.15) is 0 Å². The van der Waals surface area contributed by atoms with Crippen LogP contribution in [0.2, 0.25) is 0 Å². The number of hydrogen-bond donors (Lipinski definition) is 0. The van der Waals surface area contributed by atoms with Crippen molar-refractivity contribution in [3.8, 4) is 11.1 Å². The predicted molar refractivity (Wildman–Crippen MR) is 235 cm³/mol. The zero-order chi connectivity index (χ0) is 36.7.